The molecule has 0 bridgehead atoms. The van der Waals surface area contributed by atoms with Crippen LogP contribution in [0.5, 0.6) is 0 Å². The standard InChI is InChI=1S/C14H26N2O3/c1-6-15-14(4,5)12(19)16-9-7-8-13(2,3)10(16)11(17)18/h10,15H,6-9H2,1-5H3,(H,17,18). The molecular weight excluding hydrogens is 244 g/mol. The van der Waals surface area contributed by atoms with Crippen molar-refractivity contribution in [3.63, 3.8) is 0 Å². The summed E-state index contributed by atoms with van der Waals surface area (Å²) < 4.78 is 0. The summed E-state index contributed by atoms with van der Waals surface area (Å²) in [7, 11) is 0. The van der Waals surface area contributed by atoms with Crippen LogP contribution in [0.25, 0.3) is 0 Å². The largest absolute Gasteiger partial charge is 0.480 e. The number of nitrogens with zero attached hydrogens (tertiary/aromatic N) is 1. The molecule has 1 unspecified atom stereocenters. The van der Waals surface area contributed by atoms with Gasteiger partial charge in [0, 0.05) is 6.54 Å². The maximum atomic E-state index is 12.6. The number of rotatable bonds is 4. The van der Waals surface area contributed by atoms with Crippen molar-refractivity contribution < 1.29 is 14.7 Å². The van der Waals surface area contributed by atoms with Crippen LogP contribution in [0, 0.1) is 5.41 Å². The number of aliphatic carboxylic acids is 1. The smallest absolute Gasteiger partial charge is 0.326 e. The third-order valence-electron chi connectivity index (χ3n) is 3.92. The van der Waals surface area contributed by atoms with E-state index in [1.54, 1.807) is 13.8 Å². The highest BCUT2D eigenvalue weighted by atomic mass is 16.4. The summed E-state index contributed by atoms with van der Waals surface area (Å²) >= 11 is 0. The number of carboxylic acids is 1. The first-order valence-electron chi connectivity index (χ1n) is 6.92. The van der Waals surface area contributed by atoms with Gasteiger partial charge in [-0.25, -0.2) is 4.79 Å². The lowest BCUT2D eigenvalue weighted by Gasteiger charge is -2.46. The molecule has 0 saturated carbocycles. The van der Waals surface area contributed by atoms with E-state index in [0.29, 0.717) is 13.1 Å². The van der Waals surface area contributed by atoms with Crippen molar-refractivity contribution in [2.45, 2.75) is 59.0 Å². The van der Waals surface area contributed by atoms with E-state index in [2.05, 4.69) is 5.32 Å². The molecule has 1 amide bonds. The Morgan fingerprint density at radius 2 is 2.00 bits per heavy atom. The Morgan fingerprint density at radius 1 is 1.42 bits per heavy atom. The summed E-state index contributed by atoms with van der Waals surface area (Å²) in [5, 5.41) is 12.6. The van der Waals surface area contributed by atoms with E-state index in [-0.39, 0.29) is 11.3 Å². The molecule has 0 aromatic carbocycles. The number of likely N-dealkylation sites (tertiary alicyclic amines) is 1. The van der Waals surface area contributed by atoms with Gasteiger partial charge in [0.15, 0.2) is 0 Å². The first kappa shape index (κ1) is 16.0. The Labute approximate surface area is 115 Å². The van der Waals surface area contributed by atoms with E-state index in [1.807, 2.05) is 20.8 Å². The zero-order valence-corrected chi connectivity index (χ0v) is 12.6. The summed E-state index contributed by atoms with van der Waals surface area (Å²) in [5.41, 5.74) is -1.11. The molecule has 0 spiro atoms. The van der Waals surface area contributed by atoms with Crippen LogP contribution in [0.2, 0.25) is 0 Å². The second-order valence-corrected chi connectivity index (χ2v) is 6.49. The van der Waals surface area contributed by atoms with E-state index in [4.69, 9.17) is 0 Å². The van der Waals surface area contributed by atoms with Crippen LogP contribution in [0.4, 0.5) is 0 Å². The number of carbonyl (C=O) groups is 2. The summed E-state index contributed by atoms with van der Waals surface area (Å²) in [4.78, 5) is 25.7. The molecule has 0 aliphatic carbocycles. The van der Waals surface area contributed by atoms with Gasteiger partial charge in [0.1, 0.15) is 6.04 Å². The maximum Gasteiger partial charge on any atom is 0.326 e. The monoisotopic (exact) mass is 270 g/mol. The van der Waals surface area contributed by atoms with Gasteiger partial charge in [-0.05, 0) is 38.6 Å². The molecular formula is C14H26N2O3. The van der Waals surface area contributed by atoms with Crippen molar-refractivity contribution in [1.82, 2.24) is 10.2 Å². The number of carbonyl (C=O) groups excluding carboxylic acids is 1. The van der Waals surface area contributed by atoms with E-state index < -0.39 is 17.6 Å². The van der Waals surface area contributed by atoms with Crippen molar-refractivity contribution in [3.8, 4) is 0 Å². The van der Waals surface area contributed by atoms with Crippen LogP contribution < -0.4 is 5.32 Å². The predicted molar refractivity (Wildman–Crippen MR) is 73.9 cm³/mol. The van der Waals surface area contributed by atoms with Gasteiger partial charge < -0.3 is 15.3 Å². The highest BCUT2D eigenvalue weighted by Crippen LogP contribution is 2.36. The molecule has 19 heavy (non-hydrogen) atoms. The molecule has 1 aliphatic heterocycles. The minimum atomic E-state index is -0.912. The summed E-state index contributed by atoms with van der Waals surface area (Å²) in [6.45, 7) is 10.6. The Balaban J connectivity index is 3.02. The lowest BCUT2D eigenvalue weighted by atomic mass is 9.75. The molecule has 1 saturated heterocycles. The van der Waals surface area contributed by atoms with Crippen molar-refractivity contribution in [2.75, 3.05) is 13.1 Å². The summed E-state index contributed by atoms with van der Waals surface area (Å²) in [6.07, 6.45) is 1.68. The normalized spacial score (nSPS) is 23.2. The molecule has 5 nitrogen and oxygen atoms in total. The lowest BCUT2D eigenvalue weighted by Crippen LogP contribution is -2.63. The van der Waals surface area contributed by atoms with Gasteiger partial charge in [-0.15, -0.1) is 0 Å². The SMILES string of the molecule is CCNC(C)(C)C(=O)N1CCCC(C)(C)C1C(=O)O. The maximum absolute atomic E-state index is 12.6. The fraction of sp³-hybridized carbons (Fsp3) is 0.857. The third-order valence-corrected chi connectivity index (χ3v) is 3.92. The van der Waals surface area contributed by atoms with Crippen molar-refractivity contribution in [2.24, 2.45) is 5.41 Å². The summed E-state index contributed by atoms with van der Waals surface area (Å²) in [6, 6.07) is -0.744. The highest BCUT2D eigenvalue weighted by Gasteiger charge is 2.47. The van der Waals surface area contributed by atoms with E-state index in [1.165, 1.54) is 4.90 Å². The zero-order valence-electron chi connectivity index (χ0n) is 12.6. The van der Waals surface area contributed by atoms with Crippen LogP contribution >= 0.6 is 0 Å². The summed E-state index contributed by atoms with van der Waals surface area (Å²) in [5.74, 6) is -1.04. The fourth-order valence-electron chi connectivity index (χ4n) is 2.96. The third kappa shape index (κ3) is 3.26. The molecule has 0 aromatic heterocycles. The molecule has 1 fully saturated rings. The molecule has 1 atom stereocenters. The van der Waals surface area contributed by atoms with E-state index >= 15 is 0 Å². The number of likely N-dealkylation sites (N-methyl/N-ethyl adjacent to an activating group) is 1. The number of nitrogens with one attached hydrogen (secondary N) is 1. The van der Waals surface area contributed by atoms with Crippen LogP contribution in [0.1, 0.15) is 47.5 Å². The van der Waals surface area contributed by atoms with Crippen LogP contribution in [0.15, 0.2) is 0 Å². The molecule has 1 heterocycles. The second-order valence-electron chi connectivity index (χ2n) is 6.49. The van der Waals surface area contributed by atoms with Gasteiger partial charge in [0.2, 0.25) is 5.91 Å². The number of hydrogen-bond acceptors (Lipinski definition) is 3. The Morgan fingerprint density at radius 3 is 2.47 bits per heavy atom. The minimum absolute atomic E-state index is 0.130. The molecule has 0 radical (unpaired) electrons. The topological polar surface area (TPSA) is 69.6 Å². The second kappa shape index (κ2) is 5.49. The predicted octanol–water partition coefficient (Wildman–Crippen LogP) is 1.48. The zero-order chi connectivity index (χ0) is 14.8. The van der Waals surface area contributed by atoms with Gasteiger partial charge in [-0.1, -0.05) is 20.8 Å². The Hall–Kier alpha value is -1.10. The van der Waals surface area contributed by atoms with Crippen LogP contribution in [-0.4, -0.2) is 46.6 Å². The van der Waals surface area contributed by atoms with Crippen molar-refractivity contribution >= 4 is 11.9 Å². The van der Waals surface area contributed by atoms with Gasteiger partial charge in [-0.3, -0.25) is 4.79 Å². The quantitative estimate of drug-likeness (QED) is 0.812. The van der Waals surface area contributed by atoms with Crippen LogP contribution in [-0.2, 0) is 9.59 Å². The van der Waals surface area contributed by atoms with Gasteiger partial charge in [0.25, 0.3) is 0 Å². The fourth-order valence-corrected chi connectivity index (χ4v) is 2.96. The number of hydrogen-bond donors (Lipinski definition) is 2. The number of carboxylic acid groups (broad SMARTS) is 1. The average molecular weight is 270 g/mol. The lowest BCUT2D eigenvalue weighted by molar-refractivity contribution is -0.161. The number of piperidine rings is 1. The first-order valence-corrected chi connectivity index (χ1v) is 6.92. The van der Waals surface area contributed by atoms with E-state index in [9.17, 15) is 14.7 Å². The molecule has 1 rings (SSSR count). The molecule has 0 aromatic rings. The van der Waals surface area contributed by atoms with Gasteiger partial charge >= 0.3 is 5.97 Å². The number of amides is 1. The van der Waals surface area contributed by atoms with Crippen molar-refractivity contribution in [1.29, 1.82) is 0 Å². The Bertz CT molecular complexity index is 364. The van der Waals surface area contributed by atoms with Crippen LogP contribution in [0.3, 0.4) is 0 Å². The molecule has 110 valence electrons. The Kier molecular flexibility index (Phi) is 4.61. The molecule has 5 heteroatoms. The molecule has 2 N–H and O–H groups in total. The van der Waals surface area contributed by atoms with Gasteiger partial charge in [0.05, 0.1) is 5.54 Å². The van der Waals surface area contributed by atoms with Crippen molar-refractivity contribution in [3.05, 3.63) is 0 Å². The average Bonchev–Trinajstić information content (AvgIpc) is 2.25. The minimum Gasteiger partial charge on any atom is -0.480 e. The van der Waals surface area contributed by atoms with E-state index in [0.717, 1.165) is 12.8 Å². The first-order chi connectivity index (χ1) is 8.63. The highest BCUT2D eigenvalue weighted by molar-refractivity contribution is 5.90. The van der Waals surface area contributed by atoms with Gasteiger partial charge in [-0.2, -0.15) is 0 Å². The molecule has 1 aliphatic rings.